The van der Waals surface area contributed by atoms with Gasteiger partial charge in [-0.05, 0) is 49.1 Å². The van der Waals surface area contributed by atoms with Gasteiger partial charge in [0.05, 0.1) is 17.5 Å². The number of fused-ring (bicyclic) bond motifs is 1. The molecule has 0 atom stereocenters. The second kappa shape index (κ2) is 7.41. The number of aryl methyl sites for hydroxylation is 2. The molecule has 3 heterocycles. The molecule has 0 spiro atoms. The molecule has 4 rings (SSSR count). The van der Waals surface area contributed by atoms with Crippen LogP contribution in [-0.4, -0.2) is 36.6 Å². The number of pyridine rings is 1. The van der Waals surface area contributed by atoms with E-state index in [9.17, 15) is 10.4 Å². The molecule has 0 unspecified atom stereocenters. The highest BCUT2D eigenvalue weighted by Gasteiger charge is 2.18. The molecule has 3 aromatic heterocycles. The summed E-state index contributed by atoms with van der Waals surface area (Å²) in [5.41, 5.74) is 6.07. The van der Waals surface area contributed by atoms with Crippen molar-refractivity contribution in [3.05, 3.63) is 53.5 Å². The van der Waals surface area contributed by atoms with Crippen LogP contribution in [0.1, 0.15) is 23.1 Å². The highest BCUT2D eigenvalue weighted by molar-refractivity contribution is 5.94. The topological polar surface area (TPSA) is 111 Å². The third kappa shape index (κ3) is 3.24. The number of phenols is 1. The highest BCUT2D eigenvalue weighted by Crippen LogP contribution is 2.37. The lowest BCUT2D eigenvalue weighted by molar-refractivity contribution is 0.277. The fourth-order valence-corrected chi connectivity index (χ4v) is 3.65. The Morgan fingerprint density at radius 1 is 1.24 bits per heavy atom. The van der Waals surface area contributed by atoms with Crippen molar-refractivity contribution in [2.24, 2.45) is 0 Å². The summed E-state index contributed by atoms with van der Waals surface area (Å²) in [7, 11) is 0. The molecule has 146 valence electrons. The number of benzene rings is 1. The summed E-state index contributed by atoms with van der Waals surface area (Å²) in [4.78, 5) is 7.79. The standard InChI is InChI=1S/C22H21N5O2/c1-13-4-5-20(29)14(2)21(13)18-11-24-22-16(17(18)9-23)8-19(26-22)15-10-25-27(12-15)6-3-7-28/h4-5,8,10-12,28-29H,3,6-7H2,1-2H3,(H,24,26). The summed E-state index contributed by atoms with van der Waals surface area (Å²) in [5.74, 6) is 0.194. The first-order valence-electron chi connectivity index (χ1n) is 9.38. The number of aromatic nitrogens is 4. The summed E-state index contributed by atoms with van der Waals surface area (Å²) >= 11 is 0. The zero-order valence-electron chi connectivity index (χ0n) is 16.3. The van der Waals surface area contributed by atoms with E-state index in [1.807, 2.05) is 32.2 Å². The lowest BCUT2D eigenvalue weighted by atomic mass is 9.92. The average molecular weight is 387 g/mol. The third-order valence-corrected chi connectivity index (χ3v) is 5.17. The number of phenolic OH excluding ortho intramolecular Hbond substituents is 1. The molecule has 0 aliphatic carbocycles. The Kier molecular flexibility index (Phi) is 4.79. The Morgan fingerprint density at radius 2 is 2.07 bits per heavy atom. The van der Waals surface area contributed by atoms with Gasteiger partial charge in [-0.15, -0.1) is 0 Å². The van der Waals surface area contributed by atoms with E-state index in [2.05, 4.69) is 21.1 Å². The number of aliphatic hydroxyl groups is 1. The van der Waals surface area contributed by atoms with Crippen molar-refractivity contribution in [3.8, 4) is 34.2 Å². The first kappa shape index (κ1) is 18.7. The zero-order chi connectivity index (χ0) is 20.5. The van der Waals surface area contributed by atoms with Gasteiger partial charge in [0.25, 0.3) is 0 Å². The Bertz CT molecular complexity index is 1250. The monoisotopic (exact) mass is 387 g/mol. The van der Waals surface area contributed by atoms with E-state index in [-0.39, 0.29) is 12.4 Å². The molecule has 7 nitrogen and oxygen atoms in total. The fourth-order valence-electron chi connectivity index (χ4n) is 3.65. The van der Waals surface area contributed by atoms with Crippen LogP contribution in [0.5, 0.6) is 5.75 Å². The van der Waals surface area contributed by atoms with E-state index in [1.54, 1.807) is 23.1 Å². The maximum Gasteiger partial charge on any atom is 0.139 e. The van der Waals surface area contributed by atoms with Crippen LogP contribution in [-0.2, 0) is 6.54 Å². The van der Waals surface area contributed by atoms with Gasteiger partial charge in [0, 0.05) is 42.1 Å². The molecule has 0 fully saturated rings. The van der Waals surface area contributed by atoms with Gasteiger partial charge in [-0.1, -0.05) is 6.07 Å². The number of hydrogen-bond acceptors (Lipinski definition) is 5. The minimum atomic E-state index is 0.119. The first-order valence-corrected chi connectivity index (χ1v) is 9.38. The minimum absolute atomic E-state index is 0.119. The molecule has 0 radical (unpaired) electrons. The van der Waals surface area contributed by atoms with Crippen LogP contribution in [0.3, 0.4) is 0 Å². The number of rotatable bonds is 5. The number of aromatic amines is 1. The van der Waals surface area contributed by atoms with E-state index in [0.29, 0.717) is 29.7 Å². The Morgan fingerprint density at radius 3 is 2.83 bits per heavy atom. The second-order valence-electron chi connectivity index (χ2n) is 7.07. The van der Waals surface area contributed by atoms with Crippen LogP contribution in [0, 0.1) is 25.2 Å². The molecule has 7 heteroatoms. The van der Waals surface area contributed by atoms with Crippen molar-refractivity contribution in [1.82, 2.24) is 19.7 Å². The van der Waals surface area contributed by atoms with Crippen molar-refractivity contribution >= 4 is 11.0 Å². The van der Waals surface area contributed by atoms with Gasteiger partial charge in [0.2, 0.25) is 0 Å². The molecule has 0 saturated carbocycles. The number of nitrogens with zero attached hydrogens (tertiary/aromatic N) is 4. The largest absolute Gasteiger partial charge is 0.508 e. The van der Waals surface area contributed by atoms with Crippen LogP contribution in [0.4, 0.5) is 0 Å². The van der Waals surface area contributed by atoms with Gasteiger partial charge in [0.1, 0.15) is 17.5 Å². The maximum atomic E-state index is 10.1. The molecule has 0 bridgehead atoms. The van der Waals surface area contributed by atoms with Crippen LogP contribution in [0.2, 0.25) is 0 Å². The van der Waals surface area contributed by atoms with Crippen molar-refractivity contribution in [3.63, 3.8) is 0 Å². The predicted molar refractivity (Wildman–Crippen MR) is 110 cm³/mol. The summed E-state index contributed by atoms with van der Waals surface area (Å²) in [6.45, 7) is 4.55. The van der Waals surface area contributed by atoms with E-state index in [0.717, 1.165) is 33.3 Å². The summed E-state index contributed by atoms with van der Waals surface area (Å²) in [6, 6.07) is 7.73. The van der Waals surface area contributed by atoms with Crippen molar-refractivity contribution in [2.45, 2.75) is 26.8 Å². The smallest absolute Gasteiger partial charge is 0.139 e. The van der Waals surface area contributed by atoms with E-state index >= 15 is 0 Å². The molecular weight excluding hydrogens is 366 g/mol. The van der Waals surface area contributed by atoms with Gasteiger partial charge in [-0.25, -0.2) is 4.98 Å². The molecule has 3 N–H and O–H groups in total. The second-order valence-corrected chi connectivity index (χ2v) is 7.07. The van der Waals surface area contributed by atoms with E-state index in [1.165, 1.54) is 0 Å². The van der Waals surface area contributed by atoms with Gasteiger partial charge in [-0.3, -0.25) is 4.68 Å². The molecule has 1 aromatic carbocycles. The fraction of sp³-hybridized carbons (Fsp3) is 0.227. The molecular formula is C22H21N5O2. The summed E-state index contributed by atoms with van der Waals surface area (Å²) in [5, 5.41) is 34.1. The van der Waals surface area contributed by atoms with Gasteiger partial charge < -0.3 is 15.2 Å². The molecule has 0 amide bonds. The average Bonchev–Trinajstić information content (AvgIpc) is 3.36. The van der Waals surface area contributed by atoms with Crippen LogP contribution < -0.4 is 0 Å². The van der Waals surface area contributed by atoms with Gasteiger partial charge in [0.15, 0.2) is 0 Å². The Balaban J connectivity index is 1.84. The maximum absolute atomic E-state index is 10.1. The number of nitrogens with one attached hydrogen (secondary N) is 1. The zero-order valence-corrected chi connectivity index (χ0v) is 16.3. The Labute approximate surface area is 167 Å². The van der Waals surface area contributed by atoms with E-state index < -0.39 is 0 Å². The number of aliphatic hydroxyl groups excluding tert-OH is 1. The number of H-pyrrole nitrogens is 1. The normalized spacial score (nSPS) is 11.1. The van der Waals surface area contributed by atoms with Gasteiger partial charge in [-0.2, -0.15) is 10.4 Å². The molecule has 29 heavy (non-hydrogen) atoms. The summed E-state index contributed by atoms with van der Waals surface area (Å²) < 4.78 is 1.78. The van der Waals surface area contributed by atoms with E-state index in [4.69, 9.17) is 5.11 Å². The predicted octanol–water partition coefficient (Wildman–Crippen LogP) is 3.67. The molecule has 0 aliphatic heterocycles. The van der Waals surface area contributed by atoms with Crippen LogP contribution in [0.25, 0.3) is 33.4 Å². The molecule has 4 aromatic rings. The number of nitriles is 1. The lowest BCUT2D eigenvalue weighted by Gasteiger charge is -2.13. The number of hydrogen-bond donors (Lipinski definition) is 3. The SMILES string of the molecule is Cc1ccc(O)c(C)c1-c1cnc2[nH]c(-c3cnn(CCCO)c3)cc2c1C#N. The minimum Gasteiger partial charge on any atom is -0.508 e. The van der Waals surface area contributed by atoms with Crippen molar-refractivity contribution in [1.29, 1.82) is 5.26 Å². The summed E-state index contributed by atoms with van der Waals surface area (Å²) in [6.07, 6.45) is 5.97. The van der Waals surface area contributed by atoms with Crippen molar-refractivity contribution in [2.75, 3.05) is 6.61 Å². The first-order chi connectivity index (χ1) is 14.0. The molecule has 0 saturated heterocycles. The van der Waals surface area contributed by atoms with Gasteiger partial charge >= 0.3 is 0 Å². The molecule has 0 aliphatic rings. The number of aromatic hydroxyl groups is 1. The highest BCUT2D eigenvalue weighted by atomic mass is 16.3. The third-order valence-electron chi connectivity index (χ3n) is 5.17. The lowest BCUT2D eigenvalue weighted by Crippen LogP contribution is -1.99. The van der Waals surface area contributed by atoms with Crippen molar-refractivity contribution < 1.29 is 10.2 Å². The quantitative estimate of drug-likeness (QED) is 0.484. The van der Waals surface area contributed by atoms with Crippen LogP contribution >= 0.6 is 0 Å². The van der Waals surface area contributed by atoms with Crippen LogP contribution in [0.15, 0.2) is 36.8 Å². The Hall–Kier alpha value is -3.63.